The molecule has 1 unspecified atom stereocenters. The number of aromatic carboxylic acids is 1. The minimum atomic E-state index is -1.03. The third kappa shape index (κ3) is 3.87. The summed E-state index contributed by atoms with van der Waals surface area (Å²) in [6.45, 7) is 1.36. The van der Waals surface area contributed by atoms with E-state index < -0.39 is 5.97 Å². The van der Waals surface area contributed by atoms with Crippen LogP contribution in [0.15, 0.2) is 42.6 Å². The van der Waals surface area contributed by atoms with E-state index in [1.165, 1.54) is 12.6 Å². The first-order chi connectivity index (χ1) is 11.2. The normalized spacial score (nSPS) is 17.7. The molecular weight excluding hydrogens is 294 g/mol. The van der Waals surface area contributed by atoms with Gasteiger partial charge in [0.1, 0.15) is 12.4 Å². The van der Waals surface area contributed by atoms with Crippen LogP contribution in [0.5, 0.6) is 5.75 Å². The van der Waals surface area contributed by atoms with Gasteiger partial charge in [-0.25, -0.2) is 9.78 Å². The van der Waals surface area contributed by atoms with Gasteiger partial charge < -0.3 is 14.6 Å². The summed E-state index contributed by atoms with van der Waals surface area (Å²) in [5.41, 5.74) is 1.45. The molecule has 1 aromatic heterocycles. The maximum absolute atomic E-state index is 11.2. The van der Waals surface area contributed by atoms with E-state index in [9.17, 15) is 9.90 Å². The molecule has 5 heteroatoms. The topological polar surface area (TPSA) is 68.7 Å². The van der Waals surface area contributed by atoms with Gasteiger partial charge in [-0.05, 0) is 43.0 Å². The highest BCUT2D eigenvalue weighted by molar-refractivity contribution is 5.93. The second kappa shape index (κ2) is 7.24. The lowest BCUT2D eigenvalue weighted by Crippen LogP contribution is -2.25. The number of benzene rings is 1. The predicted octanol–water partition coefficient (Wildman–Crippen LogP) is 3.39. The van der Waals surface area contributed by atoms with Gasteiger partial charge in [-0.2, -0.15) is 0 Å². The van der Waals surface area contributed by atoms with Crippen LogP contribution in [0.4, 0.5) is 0 Å². The molecule has 1 aliphatic heterocycles. The molecule has 1 N–H and O–H groups in total. The van der Waals surface area contributed by atoms with E-state index in [0.29, 0.717) is 12.2 Å². The van der Waals surface area contributed by atoms with Crippen molar-refractivity contribution >= 4 is 5.97 Å². The number of hydrogen-bond donors (Lipinski definition) is 1. The van der Waals surface area contributed by atoms with Crippen LogP contribution in [0.1, 0.15) is 29.8 Å². The summed E-state index contributed by atoms with van der Waals surface area (Å²) < 4.78 is 11.4. The number of hydrogen-bond acceptors (Lipinski definition) is 4. The highest BCUT2D eigenvalue weighted by atomic mass is 16.5. The molecule has 1 aliphatic rings. The zero-order valence-electron chi connectivity index (χ0n) is 12.8. The first-order valence-electron chi connectivity index (χ1n) is 7.77. The zero-order chi connectivity index (χ0) is 16.1. The van der Waals surface area contributed by atoms with E-state index in [1.807, 2.05) is 24.3 Å². The minimum Gasteiger partial charge on any atom is -0.491 e. The standard InChI is InChI=1S/C18H19NO4/c20-18(21)17-16(5-3-10-19-17)13-6-8-14(9-7-13)23-12-15-4-1-2-11-22-15/h3,5-10,15H,1-2,4,11-12H2,(H,20,21). The molecule has 1 fully saturated rings. The molecule has 120 valence electrons. The quantitative estimate of drug-likeness (QED) is 0.916. The summed E-state index contributed by atoms with van der Waals surface area (Å²) in [7, 11) is 0. The van der Waals surface area contributed by atoms with E-state index in [-0.39, 0.29) is 11.8 Å². The van der Waals surface area contributed by atoms with Crippen LogP contribution in [0, 0.1) is 0 Å². The van der Waals surface area contributed by atoms with Crippen molar-refractivity contribution in [1.82, 2.24) is 4.98 Å². The van der Waals surface area contributed by atoms with Crippen molar-refractivity contribution in [2.75, 3.05) is 13.2 Å². The van der Waals surface area contributed by atoms with Gasteiger partial charge in [0.05, 0.1) is 6.10 Å². The van der Waals surface area contributed by atoms with E-state index in [1.54, 1.807) is 12.1 Å². The zero-order valence-corrected chi connectivity index (χ0v) is 12.8. The first-order valence-corrected chi connectivity index (χ1v) is 7.77. The van der Waals surface area contributed by atoms with Crippen molar-refractivity contribution in [3.05, 3.63) is 48.3 Å². The second-order valence-electron chi connectivity index (χ2n) is 5.53. The summed E-state index contributed by atoms with van der Waals surface area (Å²) in [5.74, 6) is -0.279. The Morgan fingerprint density at radius 1 is 1.26 bits per heavy atom. The lowest BCUT2D eigenvalue weighted by Gasteiger charge is -2.22. The Balaban J connectivity index is 1.68. The second-order valence-corrected chi connectivity index (χ2v) is 5.53. The van der Waals surface area contributed by atoms with Crippen LogP contribution < -0.4 is 4.74 Å². The molecule has 0 radical (unpaired) electrons. The molecular formula is C18H19NO4. The fraction of sp³-hybridized carbons (Fsp3) is 0.333. The molecule has 2 heterocycles. The highest BCUT2D eigenvalue weighted by Gasteiger charge is 2.15. The summed E-state index contributed by atoms with van der Waals surface area (Å²) >= 11 is 0. The molecule has 23 heavy (non-hydrogen) atoms. The predicted molar refractivity (Wildman–Crippen MR) is 85.7 cm³/mol. The van der Waals surface area contributed by atoms with Crippen LogP contribution in [0.2, 0.25) is 0 Å². The SMILES string of the molecule is O=C(O)c1ncccc1-c1ccc(OCC2CCCCO2)cc1. The molecule has 3 rings (SSSR count). The molecule has 1 aromatic carbocycles. The number of aromatic nitrogens is 1. The van der Waals surface area contributed by atoms with Gasteiger partial charge in [0.25, 0.3) is 0 Å². The van der Waals surface area contributed by atoms with Crippen molar-refractivity contribution in [2.24, 2.45) is 0 Å². The third-order valence-electron chi connectivity index (χ3n) is 3.89. The van der Waals surface area contributed by atoms with Crippen LogP contribution >= 0.6 is 0 Å². The monoisotopic (exact) mass is 313 g/mol. The minimum absolute atomic E-state index is 0.0526. The maximum Gasteiger partial charge on any atom is 0.355 e. The van der Waals surface area contributed by atoms with Crippen molar-refractivity contribution in [3.8, 4) is 16.9 Å². The lowest BCUT2D eigenvalue weighted by atomic mass is 10.0. The van der Waals surface area contributed by atoms with E-state index in [4.69, 9.17) is 9.47 Å². The number of carbonyl (C=O) groups is 1. The molecule has 1 saturated heterocycles. The van der Waals surface area contributed by atoms with Gasteiger partial charge in [-0.3, -0.25) is 0 Å². The number of nitrogens with zero attached hydrogens (tertiary/aromatic N) is 1. The fourth-order valence-electron chi connectivity index (χ4n) is 2.67. The molecule has 5 nitrogen and oxygen atoms in total. The Kier molecular flexibility index (Phi) is 4.88. The molecule has 0 saturated carbocycles. The number of carboxylic acids is 1. The van der Waals surface area contributed by atoms with Gasteiger partial charge in [-0.15, -0.1) is 0 Å². The molecule has 0 bridgehead atoms. The summed E-state index contributed by atoms with van der Waals surface area (Å²) in [6, 6.07) is 10.9. The Morgan fingerprint density at radius 3 is 2.78 bits per heavy atom. The smallest absolute Gasteiger partial charge is 0.355 e. The summed E-state index contributed by atoms with van der Waals surface area (Å²) in [4.78, 5) is 15.2. The molecule has 0 amide bonds. The average Bonchev–Trinajstić information content (AvgIpc) is 2.61. The first kappa shape index (κ1) is 15.5. The maximum atomic E-state index is 11.2. The number of rotatable bonds is 5. The molecule has 0 spiro atoms. The van der Waals surface area contributed by atoms with Gasteiger partial charge in [-0.1, -0.05) is 18.2 Å². The Hall–Kier alpha value is -2.40. The van der Waals surface area contributed by atoms with Crippen LogP contribution in [-0.2, 0) is 4.74 Å². The van der Waals surface area contributed by atoms with Crippen molar-refractivity contribution in [1.29, 1.82) is 0 Å². The Labute approximate surface area is 134 Å². The van der Waals surface area contributed by atoms with Gasteiger partial charge >= 0.3 is 5.97 Å². The van der Waals surface area contributed by atoms with E-state index >= 15 is 0 Å². The van der Waals surface area contributed by atoms with Crippen molar-refractivity contribution in [2.45, 2.75) is 25.4 Å². The summed E-state index contributed by atoms with van der Waals surface area (Å²) in [6.07, 6.45) is 5.00. The Morgan fingerprint density at radius 2 is 2.09 bits per heavy atom. The molecule has 1 atom stereocenters. The van der Waals surface area contributed by atoms with Gasteiger partial charge in [0, 0.05) is 18.4 Å². The van der Waals surface area contributed by atoms with Gasteiger partial charge in [0.15, 0.2) is 5.69 Å². The van der Waals surface area contributed by atoms with Crippen LogP contribution in [0.25, 0.3) is 11.1 Å². The third-order valence-corrected chi connectivity index (χ3v) is 3.89. The van der Waals surface area contributed by atoms with Crippen molar-refractivity contribution in [3.63, 3.8) is 0 Å². The molecule has 0 aliphatic carbocycles. The highest BCUT2D eigenvalue weighted by Crippen LogP contribution is 2.25. The molecule has 2 aromatic rings. The van der Waals surface area contributed by atoms with Crippen LogP contribution in [0.3, 0.4) is 0 Å². The summed E-state index contributed by atoms with van der Waals surface area (Å²) in [5, 5.41) is 9.21. The van der Waals surface area contributed by atoms with Crippen LogP contribution in [-0.4, -0.2) is 35.4 Å². The largest absolute Gasteiger partial charge is 0.491 e. The Bertz CT molecular complexity index is 663. The average molecular weight is 313 g/mol. The lowest BCUT2D eigenvalue weighted by molar-refractivity contribution is -0.0110. The van der Waals surface area contributed by atoms with E-state index in [2.05, 4.69) is 4.98 Å². The number of pyridine rings is 1. The van der Waals surface area contributed by atoms with Crippen molar-refractivity contribution < 1.29 is 19.4 Å². The van der Waals surface area contributed by atoms with Gasteiger partial charge in [0.2, 0.25) is 0 Å². The number of carboxylic acid groups (broad SMARTS) is 1. The fourth-order valence-corrected chi connectivity index (χ4v) is 2.67. The number of ether oxygens (including phenoxy) is 2. The van der Waals surface area contributed by atoms with E-state index in [0.717, 1.165) is 30.8 Å².